The van der Waals surface area contributed by atoms with Crippen molar-refractivity contribution in [2.24, 2.45) is 0 Å². The van der Waals surface area contributed by atoms with Crippen LogP contribution in [0.5, 0.6) is 0 Å². The van der Waals surface area contributed by atoms with Crippen molar-refractivity contribution in [2.45, 2.75) is 44.8 Å². The number of likely N-dealkylation sites (N-methyl/N-ethyl adjacent to an activating group) is 1. The highest BCUT2D eigenvalue weighted by Gasteiger charge is 2.43. The van der Waals surface area contributed by atoms with E-state index in [1.54, 1.807) is 9.91 Å². The molecule has 20 heavy (non-hydrogen) atoms. The SMILES string of the molecule is CN1CC2(CCN(C(=O)OC(C)(C)C)CC2)OC(=O)N1. The third-order valence-electron chi connectivity index (χ3n) is 3.44. The van der Waals surface area contributed by atoms with Crippen molar-refractivity contribution < 1.29 is 19.1 Å². The number of hydrogen-bond acceptors (Lipinski definition) is 5. The number of carbonyl (C=O) groups is 2. The van der Waals surface area contributed by atoms with Gasteiger partial charge in [0.25, 0.3) is 0 Å². The number of nitrogens with zero attached hydrogens (tertiary/aromatic N) is 2. The van der Waals surface area contributed by atoms with Crippen molar-refractivity contribution in [1.29, 1.82) is 0 Å². The van der Waals surface area contributed by atoms with Crippen molar-refractivity contribution in [1.82, 2.24) is 15.3 Å². The van der Waals surface area contributed by atoms with E-state index in [4.69, 9.17) is 9.47 Å². The van der Waals surface area contributed by atoms with Crippen LogP contribution in [0.1, 0.15) is 33.6 Å². The van der Waals surface area contributed by atoms with Gasteiger partial charge in [-0.15, -0.1) is 0 Å². The van der Waals surface area contributed by atoms with Crippen LogP contribution in [0, 0.1) is 0 Å². The van der Waals surface area contributed by atoms with Crippen LogP contribution in [0.2, 0.25) is 0 Å². The van der Waals surface area contributed by atoms with Gasteiger partial charge < -0.3 is 14.4 Å². The molecule has 2 aliphatic rings. The third kappa shape index (κ3) is 3.53. The van der Waals surface area contributed by atoms with Crippen molar-refractivity contribution in [3.05, 3.63) is 0 Å². The first-order chi connectivity index (χ1) is 9.19. The average molecular weight is 285 g/mol. The molecule has 0 unspecified atom stereocenters. The maximum Gasteiger partial charge on any atom is 0.422 e. The molecule has 0 saturated carbocycles. The summed E-state index contributed by atoms with van der Waals surface area (Å²) in [5.74, 6) is 0. The van der Waals surface area contributed by atoms with E-state index >= 15 is 0 Å². The predicted octanol–water partition coefficient (Wildman–Crippen LogP) is 1.34. The zero-order chi connectivity index (χ0) is 15.0. The molecule has 2 aliphatic heterocycles. The molecular formula is C13H23N3O4. The molecule has 2 fully saturated rings. The Labute approximate surface area is 119 Å². The van der Waals surface area contributed by atoms with Gasteiger partial charge in [0.15, 0.2) is 0 Å². The summed E-state index contributed by atoms with van der Waals surface area (Å²) < 4.78 is 10.8. The molecule has 0 bridgehead atoms. The van der Waals surface area contributed by atoms with Gasteiger partial charge in [-0.3, -0.25) is 5.43 Å². The highest BCUT2D eigenvalue weighted by Crippen LogP contribution is 2.29. The van der Waals surface area contributed by atoms with Gasteiger partial charge in [-0.1, -0.05) is 0 Å². The van der Waals surface area contributed by atoms with Crippen molar-refractivity contribution in [3.8, 4) is 0 Å². The molecule has 2 rings (SSSR count). The molecule has 0 aliphatic carbocycles. The standard InChI is InChI=1S/C13H23N3O4/c1-12(2,3)20-11(18)16-7-5-13(6-8-16)9-15(4)14-10(17)19-13/h5-9H2,1-4H3,(H,14,17). The average Bonchev–Trinajstić information content (AvgIpc) is 2.25. The second kappa shape index (κ2) is 5.12. The van der Waals surface area contributed by atoms with E-state index < -0.39 is 17.3 Å². The monoisotopic (exact) mass is 285 g/mol. The smallest absolute Gasteiger partial charge is 0.422 e. The Bertz CT molecular complexity index is 397. The Morgan fingerprint density at radius 3 is 2.45 bits per heavy atom. The van der Waals surface area contributed by atoms with E-state index in [0.29, 0.717) is 32.5 Å². The lowest BCUT2D eigenvalue weighted by atomic mass is 9.90. The summed E-state index contributed by atoms with van der Waals surface area (Å²) in [7, 11) is 1.81. The van der Waals surface area contributed by atoms with Gasteiger partial charge in [-0.25, -0.2) is 14.6 Å². The number of nitrogens with one attached hydrogen (secondary N) is 1. The van der Waals surface area contributed by atoms with Gasteiger partial charge >= 0.3 is 12.2 Å². The fourth-order valence-electron chi connectivity index (χ4n) is 2.56. The van der Waals surface area contributed by atoms with Crippen LogP contribution in [-0.2, 0) is 9.47 Å². The molecule has 114 valence electrons. The molecule has 2 amide bonds. The van der Waals surface area contributed by atoms with Crippen molar-refractivity contribution in [2.75, 3.05) is 26.7 Å². The first kappa shape index (κ1) is 14.9. The Morgan fingerprint density at radius 2 is 1.95 bits per heavy atom. The Morgan fingerprint density at radius 1 is 1.35 bits per heavy atom. The Balaban J connectivity index is 1.92. The van der Waals surface area contributed by atoms with E-state index in [2.05, 4.69) is 5.43 Å². The number of likely N-dealkylation sites (tertiary alicyclic amines) is 1. The molecule has 0 aromatic carbocycles. The fourth-order valence-corrected chi connectivity index (χ4v) is 2.56. The summed E-state index contributed by atoms with van der Waals surface area (Å²) in [6.07, 6.45) is 0.527. The maximum atomic E-state index is 12.0. The lowest BCUT2D eigenvalue weighted by molar-refractivity contribution is -0.0907. The summed E-state index contributed by atoms with van der Waals surface area (Å²) in [4.78, 5) is 25.1. The van der Waals surface area contributed by atoms with E-state index in [0.717, 1.165) is 0 Å². The number of hydrazine groups is 1. The Kier molecular flexibility index (Phi) is 3.82. The van der Waals surface area contributed by atoms with Gasteiger partial charge in [0, 0.05) is 33.0 Å². The summed E-state index contributed by atoms with van der Waals surface area (Å²) in [6, 6.07) is 0. The van der Waals surface area contributed by atoms with E-state index in [9.17, 15) is 9.59 Å². The minimum atomic E-state index is -0.492. The second-order valence-electron chi connectivity index (χ2n) is 6.51. The van der Waals surface area contributed by atoms with Crippen LogP contribution in [-0.4, -0.2) is 60.0 Å². The number of piperidine rings is 1. The van der Waals surface area contributed by atoms with Crippen molar-refractivity contribution in [3.63, 3.8) is 0 Å². The number of rotatable bonds is 0. The molecule has 0 aromatic heterocycles. The zero-order valence-corrected chi connectivity index (χ0v) is 12.6. The molecule has 7 heteroatoms. The number of carbonyl (C=O) groups excluding carboxylic acids is 2. The third-order valence-corrected chi connectivity index (χ3v) is 3.44. The number of ether oxygens (including phenoxy) is 2. The lowest BCUT2D eigenvalue weighted by Crippen LogP contribution is -2.62. The molecule has 0 radical (unpaired) electrons. The van der Waals surface area contributed by atoms with Gasteiger partial charge in [0.2, 0.25) is 0 Å². The van der Waals surface area contributed by atoms with Gasteiger partial charge in [0.05, 0.1) is 6.54 Å². The van der Waals surface area contributed by atoms with Crippen LogP contribution in [0.3, 0.4) is 0 Å². The lowest BCUT2D eigenvalue weighted by Gasteiger charge is -2.45. The van der Waals surface area contributed by atoms with Crippen LogP contribution in [0.4, 0.5) is 9.59 Å². The molecule has 2 saturated heterocycles. The molecule has 0 aromatic rings. The first-order valence-electron chi connectivity index (χ1n) is 6.88. The van der Waals surface area contributed by atoms with E-state index in [1.807, 2.05) is 27.8 Å². The minimum Gasteiger partial charge on any atom is -0.444 e. The zero-order valence-electron chi connectivity index (χ0n) is 12.6. The van der Waals surface area contributed by atoms with Crippen LogP contribution in [0.15, 0.2) is 0 Å². The molecule has 0 atom stereocenters. The van der Waals surface area contributed by atoms with Gasteiger partial charge in [-0.05, 0) is 20.8 Å². The van der Waals surface area contributed by atoms with E-state index in [1.165, 1.54) is 0 Å². The molecular weight excluding hydrogens is 262 g/mol. The van der Waals surface area contributed by atoms with Crippen LogP contribution >= 0.6 is 0 Å². The first-order valence-corrected chi connectivity index (χ1v) is 6.88. The Hall–Kier alpha value is -1.50. The highest BCUT2D eigenvalue weighted by molar-refractivity contribution is 5.69. The highest BCUT2D eigenvalue weighted by atomic mass is 16.6. The largest absolute Gasteiger partial charge is 0.444 e. The summed E-state index contributed by atoms with van der Waals surface area (Å²) in [6.45, 7) is 7.24. The quantitative estimate of drug-likeness (QED) is 0.727. The normalized spacial score (nSPS) is 23.2. The molecule has 7 nitrogen and oxygen atoms in total. The molecule has 1 N–H and O–H groups in total. The van der Waals surface area contributed by atoms with Crippen LogP contribution < -0.4 is 5.43 Å². The van der Waals surface area contributed by atoms with Crippen molar-refractivity contribution >= 4 is 12.2 Å². The van der Waals surface area contributed by atoms with Crippen LogP contribution in [0.25, 0.3) is 0 Å². The number of hydrogen-bond donors (Lipinski definition) is 1. The van der Waals surface area contributed by atoms with Gasteiger partial charge in [-0.2, -0.15) is 0 Å². The van der Waals surface area contributed by atoms with E-state index in [-0.39, 0.29) is 6.09 Å². The van der Waals surface area contributed by atoms with Gasteiger partial charge in [0.1, 0.15) is 11.2 Å². The molecule has 1 spiro atoms. The minimum absolute atomic E-state index is 0.305. The molecule has 2 heterocycles. The maximum absolute atomic E-state index is 12.0. The summed E-state index contributed by atoms with van der Waals surface area (Å²) in [5.41, 5.74) is 1.60. The topological polar surface area (TPSA) is 71.1 Å². The fraction of sp³-hybridized carbons (Fsp3) is 0.846. The number of amides is 2. The summed E-state index contributed by atoms with van der Waals surface area (Å²) >= 11 is 0. The predicted molar refractivity (Wildman–Crippen MR) is 72.0 cm³/mol. The second-order valence-corrected chi connectivity index (χ2v) is 6.51. The summed E-state index contributed by atoms with van der Waals surface area (Å²) in [5, 5.41) is 1.73.